The molecule has 0 amide bonds. The fourth-order valence-corrected chi connectivity index (χ4v) is 4.07. The third-order valence-electron chi connectivity index (χ3n) is 6.10. The SMILES string of the molecule is CCCCCCCCO[C@@H]1O[C@H](COCc2ccccc2)[C@H](O)[C@H](O)[C@H]1OCc1ccccc1. The van der Waals surface area contributed by atoms with E-state index in [1.165, 1.54) is 25.7 Å². The molecule has 0 aromatic heterocycles. The largest absolute Gasteiger partial charge is 0.387 e. The van der Waals surface area contributed by atoms with E-state index in [4.69, 9.17) is 18.9 Å². The smallest absolute Gasteiger partial charge is 0.186 e. The van der Waals surface area contributed by atoms with Crippen molar-refractivity contribution in [3.8, 4) is 0 Å². The van der Waals surface area contributed by atoms with Crippen LogP contribution in [-0.2, 0) is 32.2 Å². The molecule has 0 aliphatic carbocycles. The summed E-state index contributed by atoms with van der Waals surface area (Å²) in [6, 6.07) is 19.6. The van der Waals surface area contributed by atoms with Crippen LogP contribution in [0, 0.1) is 0 Å². The number of ether oxygens (including phenoxy) is 4. The maximum Gasteiger partial charge on any atom is 0.186 e. The minimum absolute atomic E-state index is 0.148. The number of hydrogen-bond donors (Lipinski definition) is 2. The summed E-state index contributed by atoms with van der Waals surface area (Å²) in [5.41, 5.74) is 2.01. The van der Waals surface area contributed by atoms with Crippen LogP contribution in [0.3, 0.4) is 0 Å². The van der Waals surface area contributed by atoms with Gasteiger partial charge in [0.1, 0.15) is 24.4 Å². The second kappa shape index (κ2) is 15.2. The Morgan fingerprint density at radius 2 is 1.35 bits per heavy atom. The highest BCUT2D eigenvalue weighted by Crippen LogP contribution is 2.26. The van der Waals surface area contributed by atoms with E-state index in [0.29, 0.717) is 19.8 Å². The fourth-order valence-electron chi connectivity index (χ4n) is 4.07. The predicted octanol–water partition coefficient (Wildman–Crippen LogP) is 4.61. The molecule has 0 saturated carbocycles. The van der Waals surface area contributed by atoms with Gasteiger partial charge in [-0.2, -0.15) is 0 Å². The van der Waals surface area contributed by atoms with Crippen molar-refractivity contribution in [1.82, 2.24) is 0 Å². The maximum absolute atomic E-state index is 10.9. The van der Waals surface area contributed by atoms with E-state index in [1.54, 1.807) is 0 Å². The molecule has 0 bridgehead atoms. The second-order valence-corrected chi connectivity index (χ2v) is 8.92. The minimum atomic E-state index is -1.14. The molecule has 188 valence electrons. The first-order valence-electron chi connectivity index (χ1n) is 12.6. The fraction of sp³-hybridized carbons (Fsp3) is 0.571. The Kier molecular flexibility index (Phi) is 12.0. The molecule has 6 heteroatoms. The number of benzene rings is 2. The van der Waals surface area contributed by atoms with Gasteiger partial charge in [-0.15, -0.1) is 0 Å². The molecule has 1 fully saturated rings. The van der Waals surface area contributed by atoms with Crippen LogP contribution in [0.1, 0.15) is 56.6 Å². The van der Waals surface area contributed by atoms with E-state index in [0.717, 1.165) is 24.0 Å². The third kappa shape index (κ3) is 8.77. The Hall–Kier alpha value is -1.80. The van der Waals surface area contributed by atoms with Crippen LogP contribution in [0.15, 0.2) is 60.7 Å². The summed E-state index contributed by atoms with van der Waals surface area (Å²) in [6.45, 7) is 3.57. The van der Waals surface area contributed by atoms with Crippen LogP contribution in [-0.4, -0.2) is 54.1 Å². The first kappa shape index (κ1) is 26.8. The molecule has 34 heavy (non-hydrogen) atoms. The summed E-state index contributed by atoms with van der Waals surface area (Å²) in [4.78, 5) is 0. The Labute approximate surface area is 203 Å². The normalized spacial score (nSPS) is 24.9. The van der Waals surface area contributed by atoms with Crippen LogP contribution in [0.25, 0.3) is 0 Å². The van der Waals surface area contributed by atoms with Crippen molar-refractivity contribution in [2.24, 2.45) is 0 Å². The van der Waals surface area contributed by atoms with Gasteiger partial charge < -0.3 is 29.2 Å². The Morgan fingerprint density at radius 1 is 0.735 bits per heavy atom. The first-order chi connectivity index (χ1) is 16.7. The van der Waals surface area contributed by atoms with Crippen LogP contribution in [0.5, 0.6) is 0 Å². The van der Waals surface area contributed by atoms with Gasteiger partial charge in [-0.05, 0) is 17.5 Å². The van der Waals surface area contributed by atoms with Gasteiger partial charge in [-0.3, -0.25) is 0 Å². The number of hydrogen-bond acceptors (Lipinski definition) is 6. The zero-order valence-corrected chi connectivity index (χ0v) is 20.3. The average Bonchev–Trinajstić information content (AvgIpc) is 2.87. The summed E-state index contributed by atoms with van der Waals surface area (Å²) in [6.07, 6.45) is 2.38. The van der Waals surface area contributed by atoms with E-state index >= 15 is 0 Å². The molecule has 2 aromatic rings. The zero-order chi connectivity index (χ0) is 24.0. The molecule has 5 atom stereocenters. The van der Waals surface area contributed by atoms with Crippen molar-refractivity contribution in [2.45, 2.75) is 89.4 Å². The van der Waals surface area contributed by atoms with E-state index in [9.17, 15) is 10.2 Å². The molecule has 1 heterocycles. The summed E-state index contributed by atoms with van der Waals surface area (Å²) < 4.78 is 23.9. The first-order valence-corrected chi connectivity index (χ1v) is 12.6. The van der Waals surface area contributed by atoms with Gasteiger partial charge in [0, 0.05) is 6.61 Å². The summed E-state index contributed by atoms with van der Waals surface area (Å²) in [5.74, 6) is 0. The molecule has 2 aromatic carbocycles. The molecule has 1 aliphatic heterocycles. The van der Waals surface area contributed by atoms with Crippen LogP contribution in [0.2, 0.25) is 0 Å². The lowest BCUT2D eigenvalue weighted by atomic mass is 9.99. The number of aliphatic hydroxyl groups excluding tert-OH is 2. The summed E-state index contributed by atoms with van der Waals surface area (Å²) in [7, 11) is 0. The van der Waals surface area contributed by atoms with Gasteiger partial charge >= 0.3 is 0 Å². The number of unbranched alkanes of at least 4 members (excludes halogenated alkanes) is 5. The zero-order valence-electron chi connectivity index (χ0n) is 20.3. The molecular formula is C28H40O6. The van der Waals surface area contributed by atoms with Crippen molar-refractivity contribution in [3.05, 3.63) is 71.8 Å². The molecule has 3 rings (SSSR count). The third-order valence-corrected chi connectivity index (χ3v) is 6.10. The van der Waals surface area contributed by atoms with E-state index in [1.807, 2.05) is 60.7 Å². The highest BCUT2D eigenvalue weighted by molar-refractivity contribution is 5.14. The van der Waals surface area contributed by atoms with Crippen LogP contribution < -0.4 is 0 Å². The average molecular weight is 473 g/mol. The van der Waals surface area contributed by atoms with Crippen LogP contribution in [0.4, 0.5) is 0 Å². The minimum Gasteiger partial charge on any atom is -0.387 e. The van der Waals surface area contributed by atoms with Gasteiger partial charge in [0.25, 0.3) is 0 Å². The highest BCUT2D eigenvalue weighted by atomic mass is 16.7. The van der Waals surface area contributed by atoms with Gasteiger partial charge in [-0.25, -0.2) is 0 Å². The lowest BCUT2D eigenvalue weighted by molar-refractivity contribution is -0.313. The Morgan fingerprint density at radius 3 is 2.03 bits per heavy atom. The molecule has 2 N–H and O–H groups in total. The predicted molar refractivity (Wildman–Crippen MR) is 131 cm³/mol. The van der Waals surface area contributed by atoms with Crippen molar-refractivity contribution < 1.29 is 29.2 Å². The number of rotatable bonds is 15. The van der Waals surface area contributed by atoms with Crippen molar-refractivity contribution in [3.63, 3.8) is 0 Å². The van der Waals surface area contributed by atoms with Crippen molar-refractivity contribution >= 4 is 0 Å². The molecule has 0 spiro atoms. The second-order valence-electron chi connectivity index (χ2n) is 8.92. The molecule has 6 nitrogen and oxygen atoms in total. The standard InChI is InChI=1S/C28H40O6/c1-2-3-4-5-6-13-18-32-28-27(33-20-23-16-11-8-12-17-23)26(30)25(29)24(34-28)21-31-19-22-14-9-7-10-15-22/h7-12,14-17,24-30H,2-6,13,18-21H2,1H3/t24-,25+,26+,27-,28-/m1/s1. The topological polar surface area (TPSA) is 77.4 Å². The Bertz CT molecular complexity index is 769. The van der Waals surface area contributed by atoms with Gasteiger partial charge in [0.2, 0.25) is 0 Å². The van der Waals surface area contributed by atoms with Gasteiger partial charge in [0.15, 0.2) is 6.29 Å². The van der Waals surface area contributed by atoms with E-state index in [2.05, 4.69) is 6.92 Å². The molecule has 0 unspecified atom stereocenters. The lowest BCUT2D eigenvalue weighted by Crippen LogP contribution is -2.60. The monoisotopic (exact) mass is 472 g/mol. The molecule has 0 radical (unpaired) electrons. The quantitative estimate of drug-likeness (QED) is 0.369. The lowest BCUT2D eigenvalue weighted by Gasteiger charge is -2.42. The van der Waals surface area contributed by atoms with Gasteiger partial charge in [-0.1, -0.05) is 99.7 Å². The van der Waals surface area contributed by atoms with Crippen molar-refractivity contribution in [1.29, 1.82) is 0 Å². The molecule has 1 aliphatic rings. The van der Waals surface area contributed by atoms with Gasteiger partial charge in [0.05, 0.1) is 19.8 Å². The molecular weight excluding hydrogens is 432 g/mol. The van der Waals surface area contributed by atoms with E-state index < -0.39 is 30.7 Å². The van der Waals surface area contributed by atoms with Crippen molar-refractivity contribution in [2.75, 3.05) is 13.2 Å². The Balaban J connectivity index is 1.54. The maximum atomic E-state index is 10.9. The summed E-state index contributed by atoms with van der Waals surface area (Å²) >= 11 is 0. The van der Waals surface area contributed by atoms with Crippen LogP contribution >= 0.6 is 0 Å². The molecule has 1 saturated heterocycles. The van der Waals surface area contributed by atoms with E-state index in [-0.39, 0.29) is 6.61 Å². The number of aliphatic hydroxyl groups is 2. The summed E-state index contributed by atoms with van der Waals surface area (Å²) in [5, 5.41) is 21.6. The highest BCUT2D eigenvalue weighted by Gasteiger charge is 2.46.